The third-order valence-corrected chi connectivity index (χ3v) is 3.38. The number of hydrogen-bond acceptors (Lipinski definition) is 5. The van der Waals surface area contributed by atoms with Gasteiger partial charge in [0.05, 0.1) is 18.8 Å². The summed E-state index contributed by atoms with van der Waals surface area (Å²) in [6.07, 6.45) is 1.66. The molecule has 110 valence electrons. The predicted octanol–water partition coefficient (Wildman–Crippen LogP) is 0.431. The molecule has 1 fully saturated rings. The molecule has 2 N–H and O–H groups in total. The van der Waals surface area contributed by atoms with E-state index in [1.807, 2.05) is 0 Å². The fourth-order valence-corrected chi connectivity index (χ4v) is 2.30. The van der Waals surface area contributed by atoms with Crippen molar-refractivity contribution in [3.05, 3.63) is 23.9 Å². The van der Waals surface area contributed by atoms with Gasteiger partial charge in [0, 0.05) is 38.8 Å². The van der Waals surface area contributed by atoms with Crippen molar-refractivity contribution in [3.8, 4) is 0 Å². The van der Waals surface area contributed by atoms with Gasteiger partial charge in [-0.3, -0.25) is 4.79 Å². The van der Waals surface area contributed by atoms with Crippen LogP contribution in [-0.4, -0.2) is 62.7 Å². The van der Waals surface area contributed by atoms with Crippen LogP contribution < -0.4 is 10.6 Å². The number of nitrogens with zero attached hydrogens (tertiary/aromatic N) is 2. The molecule has 0 spiro atoms. The molecule has 1 atom stereocenters. The molecule has 0 aromatic carbocycles. The Bertz CT molecular complexity index is 453. The Kier molecular flexibility index (Phi) is 5.31. The van der Waals surface area contributed by atoms with Crippen molar-refractivity contribution in [2.45, 2.75) is 0 Å². The van der Waals surface area contributed by atoms with Crippen LogP contribution in [0.1, 0.15) is 10.4 Å². The summed E-state index contributed by atoms with van der Waals surface area (Å²) < 4.78 is 5.54. The lowest BCUT2D eigenvalue weighted by Gasteiger charge is -2.19. The summed E-state index contributed by atoms with van der Waals surface area (Å²) in [4.78, 5) is 18.6. The molecular formula is C14H22N4O2. The van der Waals surface area contributed by atoms with E-state index in [4.69, 9.17) is 4.74 Å². The van der Waals surface area contributed by atoms with Crippen molar-refractivity contribution >= 4 is 11.7 Å². The fourth-order valence-electron chi connectivity index (χ4n) is 2.30. The minimum atomic E-state index is -0.102. The zero-order chi connectivity index (χ0) is 14.4. The number of nitrogens with one attached hydrogen (secondary N) is 2. The molecule has 0 radical (unpaired) electrons. The zero-order valence-electron chi connectivity index (χ0n) is 12.1. The summed E-state index contributed by atoms with van der Waals surface area (Å²) in [5, 5.41) is 5.89. The number of carbonyl (C=O) groups excluding carboxylic acids is 1. The van der Waals surface area contributed by atoms with Crippen LogP contribution in [0, 0.1) is 5.92 Å². The topological polar surface area (TPSA) is 66.5 Å². The predicted molar refractivity (Wildman–Crippen MR) is 77.9 cm³/mol. The maximum Gasteiger partial charge on any atom is 0.255 e. The summed E-state index contributed by atoms with van der Waals surface area (Å²) in [5.74, 6) is 0.815. The molecule has 1 amide bonds. The standard InChI is InChI=1S/C14H22N4O2/c1-15-13-12(4-3-5-16-13)14(19)17-8-11-9-18(2)6-7-20-10-11/h3-5,11H,6-10H2,1-2H3,(H,15,16)(H,17,19). The molecule has 1 aliphatic rings. The Balaban J connectivity index is 1.91. The van der Waals surface area contributed by atoms with E-state index in [1.54, 1.807) is 25.4 Å². The zero-order valence-corrected chi connectivity index (χ0v) is 12.1. The van der Waals surface area contributed by atoms with Crippen molar-refractivity contribution < 1.29 is 9.53 Å². The number of anilines is 1. The van der Waals surface area contributed by atoms with Crippen molar-refractivity contribution in [1.82, 2.24) is 15.2 Å². The Morgan fingerprint density at radius 3 is 3.25 bits per heavy atom. The van der Waals surface area contributed by atoms with Gasteiger partial charge in [0.25, 0.3) is 5.91 Å². The number of likely N-dealkylation sites (N-methyl/N-ethyl adjacent to an activating group) is 1. The van der Waals surface area contributed by atoms with Crippen molar-refractivity contribution in [3.63, 3.8) is 0 Å². The monoisotopic (exact) mass is 278 g/mol. The first-order valence-corrected chi connectivity index (χ1v) is 6.88. The second-order valence-electron chi connectivity index (χ2n) is 5.06. The normalized spacial score (nSPS) is 20.2. The average molecular weight is 278 g/mol. The van der Waals surface area contributed by atoms with E-state index >= 15 is 0 Å². The van der Waals surface area contributed by atoms with Gasteiger partial charge in [0.2, 0.25) is 0 Å². The Labute approximate surface area is 119 Å². The van der Waals surface area contributed by atoms with Gasteiger partial charge in [-0.05, 0) is 19.2 Å². The highest BCUT2D eigenvalue weighted by molar-refractivity contribution is 5.98. The highest BCUT2D eigenvalue weighted by Gasteiger charge is 2.18. The van der Waals surface area contributed by atoms with Gasteiger partial charge in [-0.25, -0.2) is 4.98 Å². The van der Waals surface area contributed by atoms with Crippen LogP contribution in [0.5, 0.6) is 0 Å². The second-order valence-corrected chi connectivity index (χ2v) is 5.06. The summed E-state index contributed by atoms with van der Waals surface area (Å²) in [7, 11) is 3.83. The summed E-state index contributed by atoms with van der Waals surface area (Å²) >= 11 is 0. The van der Waals surface area contributed by atoms with E-state index in [0.717, 1.165) is 19.7 Å². The first kappa shape index (κ1) is 14.7. The average Bonchev–Trinajstić information content (AvgIpc) is 2.69. The summed E-state index contributed by atoms with van der Waals surface area (Å²) in [5.41, 5.74) is 0.567. The van der Waals surface area contributed by atoms with Crippen LogP contribution in [0.25, 0.3) is 0 Å². The second kappa shape index (κ2) is 7.21. The van der Waals surface area contributed by atoms with Crippen molar-refractivity contribution in [1.29, 1.82) is 0 Å². The molecule has 1 aromatic heterocycles. The minimum absolute atomic E-state index is 0.102. The Morgan fingerprint density at radius 1 is 1.60 bits per heavy atom. The number of hydrogen-bond donors (Lipinski definition) is 2. The molecule has 1 unspecified atom stereocenters. The van der Waals surface area contributed by atoms with Crippen LogP contribution in [0.4, 0.5) is 5.82 Å². The van der Waals surface area contributed by atoms with Crippen molar-refractivity contribution in [2.75, 3.05) is 52.3 Å². The van der Waals surface area contributed by atoms with Crippen molar-refractivity contribution in [2.24, 2.45) is 5.92 Å². The molecule has 1 aliphatic heterocycles. The third-order valence-electron chi connectivity index (χ3n) is 3.38. The Morgan fingerprint density at radius 2 is 2.45 bits per heavy atom. The van der Waals surface area contributed by atoms with Crippen LogP contribution >= 0.6 is 0 Å². The molecule has 2 rings (SSSR count). The maximum atomic E-state index is 12.2. The van der Waals surface area contributed by atoms with Gasteiger partial charge in [-0.2, -0.15) is 0 Å². The first-order chi connectivity index (χ1) is 9.70. The van der Waals surface area contributed by atoms with Gasteiger partial charge in [-0.15, -0.1) is 0 Å². The quantitative estimate of drug-likeness (QED) is 0.836. The molecule has 2 heterocycles. The minimum Gasteiger partial charge on any atom is -0.380 e. The third kappa shape index (κ3) is 3.91. The molecule has 0 saturated carbocycles. The lowest BCUT2D eigenvalue weighted by Crippen LogP contribution is -2.36. The molecule has 1 saturated heterocycles. The van der Waals surface area contributed by atoms with Gasteiger partial charge in [0.15, 0.2) is 0 Å². The summed E-state index contributed by atoms with van der Waals surface area (Å²) in [6, 6.07) is 3.53. The molecule has 6 heteroatoms. The van der Waals surface area contributed by atoms with E-state index in [2.05, 4.69) is 27.6 Å². The molecule has 20 heavy (non-hydrogen) atoms. The van der Waals surface area contributed by atoms with E-state index in [0.29, 0.717) is 30.5 Å². The number of aromatic nitrogens is 1. The number of carbonyl (C=O) groups is 1. The maximum absolute atomic E-state index is 12.2. The lowest BCUT2D eigenvalue weighted by atomic mass is 10.1. The first-order valence-electron chi connectivity index (χ1n) is 6.88. The number of ether oxygens (including phenoxy) is 1. The van der Waals surface area contributed by atoms with E-state index in [-0.39, 0.29) is 5.91 Å². The largest absolute Gasteiger partial charge is 0.380 e. The molecule has 1 aromatic rings. The molecule has 6 nitrogen and oxygen atoms in total. The lowest BCUT2D eigenvalue weighted by molar-refractivity contribution is 0.0922. The Hall–Kier alpha value is -1.66. The smallest absolute Gasteiger partial charge is 0.255 e. The fraction of sp³-hybridized carbons (Fsp3) is 0.571. The van der Waals surface area contributed by atoms with Crippen LogP contribution in [0.3, 0.4) is 0 Å². The number of rotatable bonds is 4. The molecule has 0 aliphatic carbocycles. The van der Waals surface area contributed by atoms with Crippen LogP contribution in [0.15, 0.2) is 18.3 Å². The SMILES string of the molecule is CNc1ncccc1C(=O)NCC1COCCN(C)C1. The number of pyridine rings is 1. The van der Waals surface area contributed by atoms with Crippen LogP contribution in [0.2, 0.25) is 0 Å². The van der Waals surface area contributed by atoms with E-state index in [1.165, 1.54) is 0 Å². The highest BCUT2D eigenvalue weighted by atomic mass is 16.5. The van der Waals surface area contributed by atoms with Gasteiger partial charge in [0.1, 0.15) is 5.82 Å². The number of amides is 1. The van der Waals surface area contributed by atoms with Gasteiger partial charge >= 0.3 is 0 Å². The van der Waals surface area contributed by atoms with Crippen LogP contribution in [-0.2, 0) is 4.74 Å². The summed E-state index contributed by atoms with van der Waals surface area (Å²) in [6.45, 7) is 3.94. The van der Waals surface area contributed by atoms with E-state index < -0.39 is 0 Å². The molecule has 0 bridgehead atoms. The molecular weight excluding hydrogens is 256 g/mol. The van der Waals surface area contributed by atoms with Gasteiger partial charge in [-0.1, -0.05) is 0 Å². The van der Waals surface area contributed by atoms with E-state index in [9.17, 15) is 4.79 Å². The van der Waals surface area contributed by atoms with Gasteiger partial charge < -0.3 is 20.3 Å². The highest BCUT2D eigenvalue weighted by Crippen LogP contribution is 2.11.